The summed E-state index contributed by atoms with van der Waals surface area (Å²) in [5.41, 5.74) is 4.06. The minimum atomic E-state index is -0.562. The predicted octanol–water partition coefficient (Wildman–Crippen LogP) is 4.47. The first-order chi connectivity index (χ1) is 18.1. The van der Waals surface area contributed by atoms with E-state index in [9.17, 15) is 14.9 Å². The topological polar surface area (TPSA) is 127 Å². The molecule has 1 fully saturated rings. The maximum Gasteiger partial charge on any atom is 0.410 e. The number of hydrogen-bond donors (Lipinski definition) is 2. The Morgan fingerprint density at radius 3 is 2.53 bits per heavy atom. The van der Waals surface area contributed by atoms with Crippen LogP contribution in [0.15, 0.2) is 58.4 Å². The van der Waals surface area contributed by atoms with Crippen molar-refractivity contribution in [3.05, 3.63) is 75.0 Å². The average molecular weight is 534 g/mol. The Hall–Kier alpha value is -4.36. The van der Waals surface area contributed by atoms with E-state index in [1.807, 2.05) is 51.1 Å². The number of hydrazone groups is 1. The summed E-state index contributed by atoms with van der Waals surface area (Å²) in [6.07, 6.45) is 1.22. The summed E-state index contributed by atoms with van der Waals surface area (Å²) in [5.74, 6) is 0.0969. The summed E-state index contributed by atoms with van der Waals surface area (Å²) < 4.78 is 5.46. The summed E-state index contributed by atoms with van der Waals surface area (Å²) in [6, 6.07) is 16.5. The van der Waals surface area contributed by atoms with Crippen molar-refractivity contribution < 1.29 is 9.53 Å². The third-order valence-corrected chi connectivity index (χ3v) is 6.06. The predicted molar refractivity (Wildman–Crippen MR) is 148 cm³/mol. The van der Waals surface area contributed by atoms with Crippen molar-refractivity contribution in [2.75, 3.05) is 36.5 Å². The van der Waals surface area contributed by atoms with E-state index in [1.165, 1.54) is 6.21 Å². The first-order valence-corrected chi connectivity index (χ1v) is 12.4. The molecule has 1 amide bonds. The number of anilines is 2. The molecule has 2 heterocycles. The van der Waals surface area contributed by atoms with Gasteiger partial charge in [0.2, 0.25) is 5.95 Å². The Morgan fingerprint density at radius 1 is 1.18 bits per heavy atom. The highest BCUT2D eigenvalue weighted by atomic mass is 35.5. The Labute approximate surface area is 225 Å². The van der Waals surface area contributed by atoms with Crippen molar-refractivity contribution in [1.82, 2.24) is 14.9 Å². The summed E-state index contributed by atoms with van der Waals surface area (Å²) in [6.45, 7) is 7.99. The molecule has 0 saturated carbocycles. The number of nitrogens with zero attached hydrogens (tertiary/aromatic N) is 5. The minimum absolute atomic E-state index is 0.0729. The molecule has 10 nitrogen and oxygen atoms in total. The van der Waals surface area contributed by atoms with Crippen LogP contribution in [0.2, 0.25) is 5.02 Å². The van der Waals surface area contributed by atoms with E-state index in [4.69, 9.17) is 16.3 Å². The van der Waals surface area contributed by atoms with E-state index in [0.717, 1.165) is 5.69 Å². The average Bonchev–Trinajstić information content (AvgIpc) is 2.89. The molecule has 1 aromatic heterocycles. The monoisotopic (exact) mass is 533 g/mol. The van der Waals surface area contributed by atoms with Gasteiger partial charge in [-0.15, -0.1) is 0 Å². The summed E-state index contributed by atoms with van der Waals surface area (Å²) in [4.78, 5) is 35.4. The largest absolute Gasteiger partial charge is 0.444 e. The van der Waals surface area contributed by atoms with E-state index < -0.39 is 11.2 Å². The van der Waals surface area contributed by atoms with Gasteiger partial charge in [0, 0.05) is 43.0 Å². The molecule has 3 aromatic rings. The standard InChI is InChI=1S/C27H28ClN7O3/c1-27(2,3)38-26(37)35-13-11-34(12-14-35)20-10-9-19(22(28)15-20)17-30-33-25-31-23(18-7-5-4-6-8-18)21(16-29)24(36)32-25/h4-10,15,17H,11-14H2,1-3H3,(H2,31,32,33,36). The lowest BCUT2D eigenvalue weighted by atomic mass is 10.1. The van der Waals surface area contributed by atoms with Gasteiger partial charge in [-0.3, -0.25) is 9.78 Å². The van der Waals surface area contributed by atoms with Crippen LogP contribution >= 0.6 is 11.6 Å². The van der Waals surface area contributed by atoms with Crippen molar-refractivity contribution in [3.8, 4) is 17.3 Å². The van der Waals surface area contributed by atoms with Crippen LogP contribution in [-0.4, -0.2) is 59.0 Å². The SMILES string of the molecule is CC(C)(C)OC(=O)N1CCN(c2ccc(C=NNc3nc(-c4ccccc4)c(C#N)c(=O)[nH]3)c(Cl)c2)CC1. The zero-order chi connectivity index (χ0) is 27.3. The molecular weight excluding hydrogens is 506 g/mol. The number of piperazine rings is 1. The normalized spacial score (nSPS) is 13.9. The van der Waals surface area contributed by atoms with Crippen molar-refractivity contribution in [2.45, 2.75) is 26.4 Å². The second-order valence-electron chi connectivity index (χ2n) is 9.65. The molecule has 11 heteroatoms. The molecule has 1 aliphatic heterocycles. The molecule has 4 rings (SSSR count). The van der Waals surface area contributed by atoms with Crippen molar-refractivity contribution >= 4 is 35.5 Å². The lowest BCUT2D eigenvalue weighted by Crippen LogP contribution is -2.50. The second-order valence-corrected chi connectivity index (χ2v) is 10.1. The molecule has 0 radical (unpaired) electrons. The van der Waals surface area contributed by atoms with Crippen LogP contribution < -0.4 is 15.9 Å². The Morgan fingerprint density at radius 2 is 1.89 bits per heavy atom. The van der Waals surface area contributed by atoms with Crippen LogP contribution in [0.25, 0.3) is 11.3 Å². The molecule has 0 spiro atoms. The van der Waals surface area contributed by atoms with E-state index in [1.54, 1.807) is 29.2 Å². The van der Waals surface area contributed by atoms with Crippen LogP contribution in [0, 0.1) is 11.3 Å². The molecule has 2 aromatic carbocycles. The molecule has 38 heavy (non-hydrogen) atoms. The highest BCUT2D eigenvalue weighted by Crippen LogP contribution is 2.25. The highest BCUT2D eigenvalue weighted by Gasteiger charge is 2.26. The molecule has 2 N–H and O–H groups in total. The fourth-order valence-corrected chi connectivity index (χ4v) is 4.11. The van der Waals surface area contributed by atoms with Crippen LogP contribution in [0.3, 0.4) is 0 Å². The van der Waals surface area contributed by atoms with Crippen LogP contribution in [0.4, 0.5) is 16.4 Å². The second kappa shape index (κ2) is 11.4. The lowest BCUT2D eigenvalue weighted by molar-refractivity contribution is 0.0240. The van der Waals surface area contributed by atoms with E-state index in [2.05, 4.69) is 25.4 Å². The zero-order valence-electron chi connectivity index (χ0n) is 21.4. The summed E-state index contributed by atoms with van der Waals surface area (Å²) in [7, 11) is 0. The molecular formula is C27H28ClN7O3. The number of aromatic nitrogens is 2. The van der Waals surface area contributed by atoms with Gasteiger partial charge in [-0.2, -0.15) is 10.4 Å². The smallest absolute Gasteiger partial charge is 0.410 e. The Balaban J connectivity index is 1.41. The van der Waals surface area contributed by atoms with Gasteiger partial charge in [-0.1, -0.05) is 41.9 Å². The van der Waals surface area contributed by atoms with Gasteiger partial charge >= 0.3 is 6.09 Å². The van der Waals surface area contributed by atoms with Crippen molar-refractivity contribution in [1.29, 1.82) is 5.26 Å². The Bertz CT molecular complexity index is 1430. The number of ether oxygens (including phenoxy) is 1. The Kier molecular flexibility index (Phi) is 7.98. The molecule has 1 aliphatic rings. The molecule has 0 unspecified atom stereocenters. The summed E-state index contributed by atoms with van der Waals surface area (Å²) in [5, 5.41) is 14.1. The number of carbonyl (C=O) groups is 1. The van der Waals surface area contributed by atoms with Crippen molar-refractivity contribution in [3.63, 3.8) is 0 Å². The quantitative estimate of drug-likeness (QED) is 0.366. The van der Waals surface area contributed by atoms with E-state index >= 15 is 0 Å². The molecule has 196 valence electrons. The number of aromatic amines is 1. The number of amides is 1. The number of halogens is 1. The summed E-state index contributed by atoms with van der Waals surface area (Å²) >= 11 is 6.51. The molecule has 0 aliphatic carbocycles. The van der Waals surface area contributed by atoms with E-state index in [0.29, 0.717) is 42.3 Å². The molecule has 0 atom stereocenters. The van der Waals surface area contributed by atoms with Crippen LogP contribution in [0.5, 0.6) is 0 Å². The molecule has 1 saturated heterocycles. The first kappa shape index (κ1) is 26.7. The third kappa shape index (κ3) is 6.49. The zero-order valence-corrected chi connectivity index (χ0v) is 22.1. The number of benzene rings is 2. The maximum atomic E-state index is 12.4. The van der Waals surface area contributed by atoms with Gasteiger partial charge in [0.25, 0.3) is 5.56 Å². The number of nitrogens with one attached hydrogen (secondary N) is 2. The van der Waals surface area contributed by atoms with Gasteiger partial charge < -0.3 is 14.5 Å². The lowest BCUT2D eigenvalue weighted by Gasteiger charge is -2.36. The number of H-pyrrole nitrogens is 1. The fraction of sp³-hybridized carbons (Fsp3) is 0.296. The number of hydrogen-bond acceptors (Lipinski definition) is 8. The van der Waals surface area contributed by atoms with Crippen LogP contribution in [-0.2, 0) is 4.74 Å². The number of carbonyl (C=O) groups excluding carboxylic acids is 1. The van der Waals surface area contributed by atoms with Gasteiger partial charge in [-0.25, -0.2) is 15.2 Å². The maximum absolute atomic E-state index is 12.4. The number of rotatable bonds is 5. The minimum Gasteiger partial charge on any atom is -0.444 e. The van der Waals surface area contributed by atoms with Crippen LogP contribution in [0.1, 0.15) is 31.9 Å². The number of nitriles is 1. The third-order valence-electron chi connectivity index (χ3n) is 5.73. The van der Waals surface area contributed by atoms with Gasteiger partial charge in [0.15, 0.2) is 0 Å². The van der Waals surface area contributed by atoms with Gasteiger partial charge in [0.1, 0.15) is 17.2 Å². The molecule has 0 bridgehead atoms. The first-order valence-electron chi connectivity index (χ1n) is 12.1. The van der Waals surface area contributed by atoms with Gasteiger partial charge in [-0.05, 0) is 39.0 Å². The fourth-order valence-electron chi connectivity index (χ4n) is 3.89. The van der Waals surface area contributed by atoms with E-state index in [-0.39, 0.29) is 23.3 Å². The highest BCUT2D eigenvalue weighted by molar-refractivity contribution is 6.33. The van der Waals surface area contributed by atoms with Gasteiger partial charge in [0.05, 0.1) is 16.9 Å². The van der Waals surface area contributed by atoms with Crippen molar-refractivity contribution in [2.24, 2.45) is 5.10 Å².